The van der Waals surface area contributed by atoms with Crippen LogP contribution in [0.4, 0.5) is 0 Å². The number of nitrogens with one attached hydrogen (secondary N) is 2. The van der Waals surface area contributed by atoms with E-state index in [0.29, 0.717) is 12.0 Å². The predicted molar refractivity (Wildman–Crippen MR) is 188 cm³/mol. The third kappa shape index (κ3) is 19.3. The number of benzene rings is 1. The molecule has 250 valence electrons. The lowest BCUT2D eigenvalue weighted by Crippen LogP contribution is -2.36. The molecular formula is C36H69N5O2. The van der Waals surface area contributed by atoms with Gasteiger partial charge in [0.1, 0.15) is 5.75 Å². The Labute approximate surface area is 266 Å². The van der Waals surface area contributed by atoms with E-state index >= 15 is 0 Å². The van der Waals surface area contributed by atoms with E-state index in [1.165, 1.54) is 87.8 Å². The van der Waals surface area contributed by atoms with Crippen LogP contribution in [0.5, 0.6) is 5.75 Å². The zero-order chi connectivity index (χ0) is 32.3. The Morgan fingerprint density at radius 1 is 1.12 bits per heavy atom. The molecule has 0 aromatic heterocycles. The number of aryl methyl sites for hydroxylation is 1. The van der Waals surface area contributed by atoms with Crippen molar-refractivity contribution in [2.24, 2.45) is 10.9 Å². The Balaban J connectivity index is 0.000000629. The van der Waals surface area contributed by atoms with Gasteiger partial charge < -0.3 is 25.4 Å². The highest BCUT2D eigenvalue weighted by Crippen LogP contribution is 2.20. The largest absolute Gasteiger partial charge is 0.496 e. The highest BCUT2D eigenvalue weighted by atomic mass is 16.5. The first-order chi connectivity index (χ1) is 20.9. The summed E-state index contributed by atoms with van der Waals surface area (Å²) in [5, 5.41) is 15.2. The molecule has 2 aliphatic heterocycles. The average molecular weight is 604 g/mol. The van der Waals surface area contributed by atoms with Crippen LogP contribution < -0.4 is 15.4 Å². The number of likely N-dealkylation sites (N-methyl/N-ethyl adjacent to an activating group) is 1. The van der Waals surface area contributed by atoms with E-state index in [-0.39, 0.29) is 6.61 Å². The zero-order valence-corrected chi connectivity index (χ0v) is 29.6. The molecule has 1 saturated heterocycles. The second kappa shape index (κ2) is 27.8. The van der Waals surface area contributed by atoms with Crippen molar-refractivity contribution >= 4 is 5.71 Å². The summed E-state index contributed by atoms with van der Waals surface area (Å²) in [5.41, 5.74) is 3.86. The number of aliphatic hydroxyl groups excluding tert-OH is 1. The van der Waals surface area contributed by atoms with Crippen molar-refractivity contribution in [3.63, 3.8) is 0 Å². The molecule has 1 aromatic rings. The maximum Gasteiger partial charge on any atom is 0.123 e. The average Bonchev–Trinajstić information content (AvgIpc) is 3.04. The number of likely N-dealkylation sites (tertiary alicyclic amines) is 1. The number of ether oxygens (including phenoxy) is 1. The van der Waals surface area contributed by atoms with Crippen LogP contribution >= 0.6 is 0 Å². The van der Waals surface area contributed by atoms with Gasteiger partial charge in [-0.25, -0.2) is 0 Å². The predicted octanol–water partition coefficient (Wildman–Crippen LogP) is 7.03. The first-order valence-corrected chi connectivity index (χ1v) is 17.2. The fourth-order valence-corrected chi connectivity index (χ4v) is 5.25. The quantitative estimate of drug-likeness (QED) is 0.187. The van der Waals surface area contributed by atoms with Gasteiger partial charge in [-0.15, -0.1) is 0 Å². The molecule has 2 aliphatic rings. The molecule has 7 heteroatoms. The van der Waals surface area contributed by atoms with Crippen LogP contribution in [0.15, 0.2) is 35.5 Å². The highest BCUT2D eigenvalue weighted by Gasteiger charge is 2.18. The van der Waals surface area contributed by atoms with Gasteiger partial charge in [0.25, 0.3) is 0 Å². The standard InChI is InChI=1S/C16H27NO.C12H20N2.C6H16N2O.C2H6/c1-5-7-8-15(6-2)17-12-14-11-13(3)9-10-16(14)18-4;1-11-12(6-5-7-13-11)10-14-8-3-2-4-9-14;1-3-8(4-5-9)6-7-2;1-2/h9-11,15,17H,5-8,12H2,1-4H3;5,7,12H,2-4,6,8-10H2,1H3;7,9H,3-6H2,1-2H3;1-2H3. The van der Waals surface area contributed by atoms with Crippen LogP contribution in [0.25, 0.3) is 0 Å². The Bertz CT molecular complexity index is 833. The molecule has 7 nitrogen and oxygen atoms in total. The van der Waals surface area contributed by atoms with Gasteiger partial charge in [-0.2, -0.15) is 0 Å². The lowest BCUT2D eigenvalue weighted by Gasteiger charge is -2.30. The second-order valence-electron chi connectivity index (χ2n) is 11.3. The maximum absolute atomic E-state index is 8.52. The second-order valence-corrected chi connectivity index (χ2v) is 11.3. The van der Waals surface area contributed by atoms with Crippen LogP contribution in [0.1, 0.15) is 104 Å². The number of nitrogens with zero attached hydrogens (tertiary/aromatic N) is 3. The van der Waals surface area contributed by atoms with E-state index in [4.69, 9.17) is 9.84 Å². The van der Waals surface area contributed by atoms with E-state index in [0.717, 1.165) is 32.1 Å². The summed E-state index contributed by atoms with van der Waals surface area (Å²) in [6, 6.07) is 6.98. The number of hydrogen-bond donors (Lipinski definition) is 3. The topological polar surface area (TPSA) is 72.4 Å². The Hall–Kier alpha value is -1.77. The number of aliphatic imine (C=N–C) groups is 1. The molecule has 0 amide bonds. The number of methoxy groups -OCH3 is 1. The number of allylic oxidation sites excluding steroid dienone is 1. The SMILES string of the molecule is CC.CC1=NC=CCC1CN1CCCCC1.CCCCC(CC)NCc1cc(C)ccc1OC.CCN(CCO)CNC. The minimum Gasteiger partial charge on any atom is -0.496 e. The molecule has 0 radical (unpaired) electrons. The van der Waals surface area contributed by atoms with Gasteiger partial charge in [0.15, 0.2) is 0 Å². The van der Waals surface area contributed by atoms with Gasteiger partial charge in [-0.1, -0.05) is 77.7 Å². The summed E-state index contributed by atoms with van der Waals surface area (Å²) in [4.78, 5) is 9.11. The molecule has 2 heterocycles. The molecule has 0 saturated carbocycles. The number of piperidine rings is 1. The molecule has 0 spiro atoms. The fourth-order valence-electron chi connectivity index (χ4n) is 5.25. The fraction of sp³-hybridized carbons (Fsp3) is 0.750. The molecule has 2 unspecified atom stereocenters. The highest BCUT2D eigenvalue weighted by molar-refractivity contribution is 5.85. The van der Waals surface area contributed by atoms with E-state index < -0.39 is 0 Å². The molecule has 0 aliphatic carbocycles. The van der Waals surface area contributed by atoms with E-state index in [1.807, 2.05) is 27.1 Å². The number of hydrogen-bond acceptors (Lipinski definition) is 7. The van der Waals surface area contributed by atoms with Crippen molar-refractivity contribution in [3.8, 4) is 5.75 Å². The van der Waals surface area contributed by atoms with Crippen LogP contribution in [-0.4, -0.2) is 86.8 Å². The third-order valence-electron chi connectivity index (χ3n) is 7.98. The molecular weight excluding hydrogens is 534 g/mol. The van der Waals surface area contributed by atoms with E-state index in [9.17, 15) is 0 Å². The van der Waals surface area contributed by atoms with Gasteiger partial charge in [-0.05, 0) is 78.7 Å². The van der Waals surface area contributed by atoms with Crippen molar-refractivity contribution in [2.75, 3.05) is 60.2 Å². The number of rotatable bonds is 15. The molecule has 3 rings (SSSR count). The number of aliphatic hydroxyl groups is 1. The third-order valence-corrected chi connectivity index (χ3v) is 7.98. The summed E-state index contributed by atoms with van der Waals surface area (Å²) in [7, 11) is 3.64. The van der Waals surface area contributed by atoms with Crippen molar-refractivity contribution < 1.29 is 9.84 Å². The first-order valence-electron chi connectivity index (χ1n) is 17.2. The maximum atomic E-state index is 8.52. The minimum absolute atomic E-state index is 0.246. The molecule has 43 heavy (non-hydrogen) atoms. The Morgan fingerprint density at radius 2 is 1.84 bits per heavy atom. The van der Waals surface area contributed by atoms with Gasteiger partial charge in [0.2, 0.25) is 0 Å². The Morgan fingerprint density at radius 3 is 2.40 bits per heavy atom. The lowest BCUT2D eigenvalue weighted by atomic mass is 9.97. The first kappa shape index (κ1) is 41.2. The van der Waals surface area contributed by atoms with Gasteiger partial charge in [0.05, 0.1) is 13.7 Å². The minimum atomic E-state index is 0.246. The summed E-state index contributed by atoms with van der Waals surface area (Å²) >= 11 is 0. The van der Waals surface area contributed by atoms with Crippen molar-refractivity contribution in [2.45, 2.75) is 112 Å². The molecule has 3 N–H and O–H groups in total. The van der Waals surface area contributed by atoms with Crippen LogP contribution in [0.3, 0.4) is 0 Å². The smallest absolute Gasteiger partial charge is 0.123 e. The summed E-state index contributed by atoms with van der Waals surface area (Å²) < 4.78 is 5.41. The molecule has 0 bridgehead atoms. The summed E-state index contributed by atoms with van der Waals surface area (Å²) in [5.74, 6) is 1.66. The Kier molecular flexibility index (Phi) is 26.6. The van der Waals surface area contributed by atoms with Gasteiger partial charge >= 0.3 is 0 Å². The molecule has 1 aromatic carbocycles. The zero-order valence-electron chi connectivity index (χ0n) is 29.6. The van der Waals surface area contributed by atoms with Crippen molar-refractivity contribution in [1.82, 2.24) is 20.4 Å². The molecule has 1 fully saturated rings. The lowest BCUT2D eigenvalue weighted by molar-refractivity contribution is 0.195. The summed E-state index contributed by atoms with van der Waals surface area (Å²) in [6.45, 7) is 22.4. The van der Waals surface area contributed by atoms with Gasteiger partial charge in [0, 0.05) is 55.7 Å². The van der Waals surface area contributed by atoms with Gasteiger partial charge in [-0.3, -0.25) is 9.89 Å². The number of unbranched alkanes of at least 4 members (excludes halogenated alkanes) is 1. The van der Waals surface area contributed by atoms with Crippen molar-refractivity contribution in [1.29, 1.82) is 0 Å². The van der Waals surface area contributed by atoms with Crippen LogP contribution in [-0.2, 0) is 6.54 Å². The van der Waals surface area contributed by atoms with E-state index in [2.05, 4.69) is 84.3 Å². The van der Waals surface area contributed by atoms with Crippen molar-refractivity contribution in [3.05, 3.63) is 41.6 Å². The monoisotopic (exact) mass is 604 g/mol. The molecule has 2 atom stereocenters. The normalized spacial score (nSPS) is 17.0. The van der Waals surface area contributed by atoms with Crippen LogP contribution in [0.2, 0.25) is 0 Å². The summed E-state index contributed by atoms with van der Waals surface area (Å²) in [6.07, 6.45) is 14.6. The van der Waals surface area contributed by atoms with E-state index in [1.54, 1.807) is 7.11 Å². The van der Waals surface area contributed by atoms with Crippen LogP contribution in [0, 0.1) is 12.8 Å².